The standard InChI is InChI=1S/C4H8O2S.Na/c1-2-6-4(5)3-7;/h7H,2-3H2,1H3;/q;+1/p-1. The minimum atomic E-state index is -0.308. The van der Waals surface area contributed by atoms with Crippen molar-refractivity contribution in [3.8, 4) is 0 Å². The molecule has 0 aromatic heterocycles. The van der Waals surface area contributed by atoms with Crippen molar-refractivity contribution in [1.29, 1.82) is 0 Å². The first-order valence-corrected chi connectivity index (χ1v) is 2.62. The first-order chi connectivity index (χ1) is 3.31. The fourth-order valence-electron chi connectivity index (χ4n) is 0.203. The maximum atomic E-state index is 10.1. The molecular formula is C4H7NaO2S. The molecule has 0 fully saturated rings. The summed E-state index contributed by atoms with van der Waals surface area (Å²) in [5.41, 5.74) is 0. The Balaban J connectivity index is 0. The largest absolute Gasteiger partial charge is 1.00 e. The summed E-state index contributed by atoms with van der Waals surface area (Å²) in [6, 6.07) is 0. The molecule has 0 atom stereocenters. The van der Waals surface area contributed by atoms with Crippen LogP contribution in [0.15, 0.2) is 0 Å². The van der Waals surface area contributed by atoms with Crippen molar-refractivity contribution in [3.05, 3.63) is 0 Å². The van der Waals surface area contributed by atoms with Gasteiger partial charge in [0, 0.05) is 0 Å². The van der Waals surface area contributed by atoms with Crippen LogP contribution in [0, 0.1) is 0 Å². The van der Waals surface area contributed by atoms with E-state index in [1.165, 1.54) is 0 Å². The number of rotatable bonds is 2. The van der Waals surface area contributed by atoms with Gasteiger partial charge in [-0.1, -0.05) is 5.75 Å². The van der Waals surface area contributed by atoms with Crippen LogP contribution in [0.5, 0.6) is 0 Å². The van der Waals surface area contributed by atoms with Crippen LogP contribution in [0.4, 0.5) is 0 Å². The van der Waals surface area contributed by atoms with E-state index in [0.717, 1.165) is 0 Å². The molecule has 0 aromatic rings. The van der Waals surface area contributed by atoms with E-state index in [1.807, 2.05) is 0 Å². The van der Waals surface area contributed by atoms with Gasteiger partial charge in [0.25, 0.3) is 5.97 Å². The van der Waals surface area contributed by atoms with Crippen LogP contribution in [-0.4, -0.2) is 18.3 Å². The minimum Gasteiger partial charge on any atom is -0.782 e. The van der Waals surface area contributed by atoms with E-state index in [-0.39, 0.29) is 41.3 Å². The van der Waals surface area contributed by atoms with Crippen molar-refractivity contribution in [1.82, 2.24) is 0 Å². The molecule has 0 aromatic carbocycles. The average Bonchev–Trinajstić information content (AvgIpc) is 1.68. The van der Waals surface area contributed by atoms with Crippen LogP contribution >= 0.6 is 0 Å². The van der Waals surface area contributed by atoms with Crippen molar-refractivity contribution in [3.63, 3.8) is 0 Å². The molecule has 0 amide bonds. The van der Waals surface area contributed by atoms with Crippen molar-refractivity contribution in [2.75, 3.05) is 12.4 Å². The van der Waals surface area contributed by atoms with Gasteiger partial charge in [-0.3, -0.25) is 4.79 Å². The smallest absolute Gasteiger partial charge is 0.782 e. The second-order valence-electron chi connectivity index (χ2n) is 0.949. The Hall–Kier alpha value is 0.820. The Morgan fingerprint density at radius 1 is 1.75 bits per heavy atom. The molecule has 0 unspecified atom stereocenters. The summed E-state index contributed by atoms with van der Waals surface area (Å²) < 4.78 is 4.45. The molecule has 0 saturated carbocycles. The molecule has 0 bridgehead atoms. The van der Waals surface area contributed by atoms with Crippen LogP contribution in [0.25, 0.3) is 0 Å². The van der Waals surface area contributed by atoms with Gasteiger partial charge in [-0.25, -0.2) is 0 Å². The second kappa shape index (κ2) is 7.82. The molecule has 0 saturated heterocycles. The summed E-state index contributed by atoms with van der Waals surface area (Å²) in [6.07, 6.45) is 0. The van der Waals surface area contributed by atoms with Gasteiger partial charge in [0.2, 0.25) is 0 Å². The molecule has 0 rings (SSSR count). The Bertz CT molecular complexity index is 67.1. The van der Waals surface area contributed by atoms with Crippen LogP contribution < -0.4 is 29.6 Å². The van der Waals surface area contributed by atoms with Crippen LogP contribution in [-0.2, 0) is 22.2 Å². The monoisotopic (exact) mass is 142 g/mol. The maximum Gasteiger partial charge on any atom is 1.00 e. The topological polar surface area (TPSA) is 26.3 Å². The van der Waals surface area contributed by atoms with E-state index in [0.29, 0.717) is 6.61 Å². The molecule has 0 spiro atoms. The Morgan fingerprint density at radius 3 is 2.38 bits per heavy atom. The van der Waals surface area contributed by atoms with E-state index in [1.54, 1.807) is 6.92 Å². The molecule has 0 aliphatic carbocycles. The molecule has 0 aliphatic heterocycles. The van der Waals surface area contributed by atoms with Gasteiger partial charge >= 0.3 is 29.6 Å². The van der Waals surface area contributed by atoms with Crippen molar-refractivity contribution in [2.24, 2.45) is 0 Å². The number of carbonyl (C=O) groups is 1. The first kappa shape index (κ1) is 11.6. The van der Waals surface area contributed by atoms with Gasteiger partial charge in [0.15, 0.2) is 0 Å². The van der Waals surface area contributed by atoms with Crippen molar-refractivity contribution < 1.29 is 39.1 Å². The summed E-state index contributed by atoms with van der Waals surface area (Å²) in [5, 5.41) is 0. The Labute approximate surface area is 76.7 Å². The molecule has 0 radical (unpaired) electrons. The zero-order valence-corrected chi connectivity index (χ0v) is 7.96. The van der Waals surface area contributed by atoms with Gasteiger partial charge in [-0.2, -0.15) is 0 Å². The number of ether oxygens (including phenoxy) is 1. The van der Waals surface area contributed by atoms with Gasteiger partial charge in [-0.05, 0) is 6.92 Å². The second-order valence-corrected chi connectivity index (χ2v) is 1.24. The summed E-state index contributed by atoms with van der Waals surface area (Å²) in [6.45, 7) is 2.18. The Kier molecular flexibility index (Phi) is 11.3. The number of esters is 1. The van der Waals surface area contributed by atoms with E-state index < -0.39 is 0 Å². The predicted molar refractivity (Wildman–Crippen MR) is 28.9 cm³/mol. The average molecular weight is 142 g/mol. The third-order valence-corrected chi connectivity index (χ3v) is 0.659. The molecule has 0 aliphatic rings. The van der Waals surface area contributed by atoms with Crippen molar-refractivity contribution in [2.45, 2.75) is 6.92 Å². The third-order valence-electron chi connectivity index (χ3n) is 0.423. The number of hydrogen-bond acceptors (Lipinski definition) is 3. The van der Waals surface area contributed by atoms with Crippen LogP contribution in [0.1, 0.15) is 6.92 Å². The summed E-state index contributed by atoms with van der Waals surface area (Å²) >= 11 is 4.37. The zero-order chi connectivity index (χ0) is 5.70. The van der Waals surface area contributed by atoms with Crippen LogP contribution in [0.2, 0.25) is 0 Å². The van der Waals surface area contributed by atoms with Gasteiger partial charge in [-0.15, -0.1) is 0 Å². The minimum absolute atomic E-state index is 0. The normalized spacial score (nSPS) is 7.25. The number of carbonyl (C=O) groups excluding carboxylic acids is 1. The molecule has 0 heterocycles. The molecule has 2 nitrogen and oxygen atoms in total. The third kappa shape index (κ3) is 6.82. The van der Waals surface area contributed by atoms with Gasteiger partial charge in [0.1, 0.15) is 0 Å². The molecule has 4 heteroatoms. The summed E-state index contributed by atoms with van der Waals surface area (Å²) in [7, 11) is 0. The summed E-state index contributed by atoms with van der Waals surface area (Å²) in [5.74, 6) is -0.245. The van der Waals surface area contributed by atoms with E-state index >= 15 is 0 Å². The molecular weight excluding hydrogens is 135 g/mol. The van der Waals surface area contributed by atoms with E-state index in [2.05, 4.69) is 17.4 Å². The maximum absolute atomic E-state index is 10.1. The van der Waals surface area contributed by atoms with Gasteiger partial charge in [0.05, 0.1) is 6.61 Å². The predicted octanol–water partition coefficient (Wildman–Crippen LogP) is -2.90. The fourth-order valence-corrected chi connectivity index (χ4v) is 0.286. The number of hydrogen-bond donors (Lipinski definition) is 0. The molecule has 42 valence electrons. The van der Waals surface area contributed by atoms with Gasteiger partial charge < -0.3 is 17.4 Å². The van der Waals surface area contributed by atoms with E-state index in [4.69, 9.17) is 0 Å². The SMILES string of the molecule is CCOC(=O)C[S-].[Na+]. The quantitative estimate of drug-likeness (QED) is 0.235. The van der Waals surface area contributed by atoms with Crippen LogP contribution in [0.3, 0.4) is 0 Å². The van der Waals surface area contributed by atoms with Crippen molar-refractivity contribution >= 4 is 18.6 Å². The zero-order valence-electron chi connectivity index (χ0n) is 5.14. The Morgan fingerprint density at radius 2 is 2.25 bits per heavy atom. The fraction of sp³-hybridized carbons (Fsp3) is 0.750. The first-order valence-electron chi connectivity index (χ1n) is 2.05. The molecule has 0 N–H and O–H groups in total. The summed E-state index contributed by atoms with van der Waals surface area (Å²) in [4.78, 5) is 10.1. The van der Waals surface area contributed by atoms with E-state index in [9.17, 15) is 4.79 Å². The molecule has 8 heavy (non-hydrogen) atoms.